The van der Waals surface area contributed by atoms with E-state index in [4.69, 9.17) is 4.74 Å². The highest BCUT2D eigenvalue weighted by Crippen LogP contribution is 2.14. The summed E-state index contributed by atoms with van der Waals surface area (Å²) in [7, 11) is 1.73. The SMILES string of the molecule is CCN(CC)c1ccc(NCC(C)COC)cn1. The van der Waals surface area contributed by atoms with E-state index < -0.39 is 0 Å². The molecule has 1 aromatic heterocycles. The molecule has 0 aliphatic rings. The number of rotatable bonds is 8. The van der Waals surface area contributed by atoms with Crippen molar-refractivity contribution in [3.8, 4) is 0 Å². The van der Waals surface area contributed by atoms with Gasteiger partial charge in [0.25, 0.3) is 0 Å². The number of methoxy groups -OCH3 is 1. The van der Waals surface area contributed by atoms with E-state index in [1.807, 2.05) is 6.20 Å². The molecule has 0 amide bonds. The van der Waals surface area contributed by atoms with Crippen LogP contribution in [0, 0.1) is 5.92 Å². The highest BCUT2D eigenvalue weighted by molar-refractivity contribution is 5.48. The molecule has 0 fully saturated rings. The summed E-state index contributed by atoms with van der Waals surface area (Å²) in [5, 5.41) is 3.37. The Bertz CT molecular complexity index is 322. The van der Waals surface area contributed by atoms with Crippen molar-refractivity contribution in [1.82, 2.24) is 4.98 Å². The molecule has 0 aromatic carbocycles. The van der Waals surface area contributed by atoms with E-state index in [2.05, 4.69) is 48.1 Å². The van der Waals surface area contributed by atoms with Crippen molar-refractivity contribution in [1.29, 1.82) is 0 Å². The van der Waals surface area contributed by atoms with Crippen LogP contribution in [-0.2, 0) is 4.74 Å². The third-order valence-corrected chi connectivity index (χ3v) is 2.94. The maximum absolute atomic E-state index is 5.11. The van der Waals surface area contributed by atoms with Gasteiger partial charge in [0.05, 0.1) is 18.5 Å². The third-order valence-electron chi connectivity index (χ3n) is 2.94. The second-order valence-corrected chi connectivity index (χ2v) is 4.52. The molecule has 1 rings (SSSR count). The molecule has 1 aromatic rings. The topological polar surface area (TPSA) is 37.4 Å². The first-order valence-electron chi connectivity index (χ1n) is 6.65. The van der Waals surface area contributed by atoms with Crippen molar-refractivity contribution in [2.45, 2.75) is 20.8 Å². The normalized spacial score (nSPS) is 12.2. The molecule has 18 heavy (non-hydrogen) atoms. The van der Waals surface area contributed by atoms with Crippen LogP contribution in [0.25, 0.3) is 0 Å². The lowest BCUT2D eigenvalue weighted by molar-refractivity contribution is 0.164. The van der Waals surface area contributed by atoms with Crippen LogP contribution in [0.4, 0.5) is 11.5 Å². The minimum atomic E-state index is 0.498. The van der Waals surface area contributed by atoms with Gasteiger partial charge in [-0.3, -0.25) is 0 Å². The van der Waals surface area contributed by atoms with Gasteiger partial charge in [0, 0.05) is 26.7 Å². The molecule has 0 saturated carbocycles. The van der Waals surface area contributed by atoms with Crippen LogP contribution in [0.3, 0.4) is 0 Å². The van der Waals surface area contributed by atoms with E-state index in [0.29, 0.717) is 5.92 Å². The smallest absolute Gasteiger partial charge is 0.128 e. The molecule has 1 N–H and O–H groups in total. The minimum absolute atomic E-state index is 0.498. The van der Waals surface area contributed by atoms with Gasteiger partial charge in [-0.2, -0.15) is 0 Å². The number of pyridine rings is 1. The number of ether oxygens (including phenoxy) is 1. The van der Waals surface area contributed by atoms with E-state index in [9.17, 15) is 0 Å². The number of nitrogens with one attached hydrogen (secondary N) is 1. The molecular weight excluding hydrogens is 226 g/mol. The molecule has 0 saturated heterocycles. The van der Waals surface area contributed by atoms with Crippen molar-refractivity contribution in [3.63, 3.8) is 0 Å². The summed E-state index contributed by atoms with van der Waals surface area (Å²) in [5.41, 5.74) is 1.06. The number of nitrogens with zero attached hydrogens (tertiary/aromatic N) is 2. The van der Waals surface area contributed by atoms with E-state index in [0.717, 1.165) is 37.7 Å². The summed E-state index contributed by atoms with van der Waals surface area (Å²) in [4.78, 5) is 6.71. The minimum Gasteiger partial charge on any atom is -0.384 e. The van der Waals surface area contributed by atoms with E-state index in [1.54, 1.807) is 7.11 Å². The van der Waals surface area contributed by atoms with E-state index in [-0.39, 0.29) is 0 Å². The summed E-state index contributed by atoms with van der Waals surface area (Å²) >= 11 is 0. The fourth-order valence-electron chi connectivity index (χ4n) is 1.86. The Kier molecular flexibility index (Phi) is 6.50. The van der Waals surface area contributed by atoms with Crippen LogP contribution in [0.1, 0.15) is 20.8 Å². The number of aromatic nitrogens is 1. The number of hydrogen-bond donors (Lipinski definition) is 1. The summed E-state index contributed by atoms with van der Waals surface area (Å²) in [5.74, 6) is 1.54. The molecule has 0 aliphatic carbocycles. The standard InChI is InChI=1S/C14H25N3O/c1-5-17(6-2)14-8-7-13(10-16-14)15-9-12(3)11-18-4/h7-8,10,12,15H,5-6,9,11H2,1-4H3. The predicted octanol–water partition coefficient (Wildman–Crippen LogP) is 2.62. The Labute approximate surface area is 110 Å². The van der Waals surface area contributed by atoms with Gasteiger partial charge in [-0.05, 0) is 31.9 Å². The Hall–Kier alpha value is -1.29. The Balaban J connectivity index is 2.49. The van der Waals surface area contributed by atoms with Gasteiger partial charge in [0.1, 0.15) is 5.82 Å². The fourth-order valence-corrected chi connectivity index (χ4v) is 1.86. The Morgan fingerprint density at radius 2 is 2.06 bits per heavy atom. The molecule has 0 spiro atoms. The molecule has 1 unspecified atom stereocenters. The van der Waals surface area contributed by atoms with Gasteiger partial charge in [0.2, 0.25) is 0 Å². The van der Waals surface area contributed by atoms with Crippen LogP contribution < -0.4 is 10.2 Å². The maximum Gasteiger partial charge on any atom is 0.128 e. The van der Waals surface area contributed by atoms with Gasteiger partial charge in [0.15, 0.2) is 0 Å². The van der Waals surface area contributed by atoms with Gasteiger partial charge in [-0.1, -0.05) is 6.92 Å². The number of hydrogen-bond acceptors (Lipinski definition) is 4. The van der Waals surface area contributed by atoms with Crippen molar-refractivity contribution in [2.24, 2.45) is 5.92 Å². The molecule has 1 atom stereocenters. The lowest BCUT2D eigenvalue weighted by Gasteiger charge is -2.20. The largest absolute Gasteiger partial charge is 0.384 e. The van der Waals surface area contributed by atoms with Crippen LogP contribution in [0.2, 0.25) is 0 Å². The molecule has 0 aliphatic heterocycles. The van der Waals surface area contributed by atoms with Gasteiger partial charge < -0.3 is 15.0 Å². The maximum atomic E-state index is 5.11. The third kappa shape index (κ3) is 4.53. The Morgan fingerprint density at radius 1 is 1.33 bits per heavy atom. The average molecular weight is 251 g/mol. The summed E-state index contributed by atoms with van der Waals surface area (Å²) in [6, 6.07) is 4.15. The zero-order valence-electron chi connectivity index (χ0n) is 11.9. The van der Waals surface area contributed by atoms with E-state index >= 15 is 0 Å². The molecule has 102 valence electrons. The van der Waals surface area contributed by atoms with Gasteiger partial charge in [-0.25, -0.2) is 4.98 Å². The van der Waals surface area contributed by atoms with Crippen LogP contribution in [0.5, 0.6) is 0 Å². The van der Waals surface area contributed by atoms with Crippen LogP contribution >= 0.6 is 0 Å². The number of anilines is 2. The zero-order valence-corrected chi connectivity index (χ0v) is 11.9. The predicted molar refractivity (Wildman–Crippen MR) is 77.3 cm³/mol. The van der Waals surface area contributed by atoms with Crippen molar-refractivity contribution < 1.29 is 4.74 Å². The Morgan fingerprint density at radius 3 is 2.56 bits per heavy atom. The lowest BCUT2D eigenvalue weighted by Crippen LogP contribution is -2.23. The van der Waals surface area contributed by atoms with E-state index in [1.165, 1.54) is 0 Å². The van der Waals surface area contributed by atoms with Crippen LogP contribution in [-0.4, -0.2) is 38.3 Å². The van der Waals surface area contributed by atoms with Crippen LogP contribution in [0.15, 0.2) is 18.3 Å². The lowest BCUT2D eigenvalue weighted by atomic mass is 10.2. The summed E-state index contributed by atoms with van der Waals surface area (Å²) in [6.07, 6.45) is 1.90. The summed E-state index contributed by atoms with van der Waals surface area (Å²) in [6.45, 7) is 10.1. The fraction of sp³-hybridized carbons (Fsp3) is 0.643. The second-order valence-electron chi connectivity index (χ2n) is 4.52. The van der Waals surface area contributed by atoms with Gasteiger partial charge in [-0.15, -0.1) is 0 Å². The second kappa shape index (κ2) is 7.93. The van der Waals surface area contributed by atoms with Gasteiger partial charge >= 0.3 is 0 Å². The van der Waals surface area contributed by atoms with Crippen molar-refractivity contribution in [2.75, 3.05) is 43.6 Å². The van der Waals surface area contributed by atoms with Crippen molar-refractivity contribution >= 4 is 11.5 Å². The molecular formula is C14H25N3O. The first-order chi connectivity index (χ1) is 8.71. The quantitative estimate of drug-likeness (QED) is 0.770. The molecule has 0 radical (unpaired) electrons. The molecule has 4 nitrogen and oxygen atoms in total. The molecule has 0 bridgehead atoms. The van der Waals surface area contributed by atoms with Crippen molar-refractivity contribution in [3.05, 3.63) is 18.3 Å². The first kappa shape index (κ1) is 14.8. The summed E-state index contributed by atoms with van der Waals surface area (Å²) < 4.78 is 5.11. The average Bonchev–Trinajstić information content (AvgIpc) is 2.39. The highest BCUT2D eigenvalue weighted by atomic mass is 16.5. The zero-order chi connectivity index (χ0) is 13.4. The highest BCUT2D eigenvalue weighted by Gasteiger charge is 2.04. The monoisotopic (exact) mass is 251 g/mol. The molecule has 1 heterocycles. The first-order valence-corrected chi connectivity index (χ1v) is 6.65. The molecule has 4 heteroatoms.